The maximum Gasteiger partial charge on any atom is 0.320 e. The zero-order valence-corrected chi connectivity index (χ0v) is 10.0. The number of likely N-dealkylation sites (tertiary alicyclic amines) is 1. The fourth-order valence-electron chi connectivity index (χ4n) is 1.83. The van der Waals surface area contributed by atoms with Crippen LogP contribution in [0.1, 0.15) is 33.6 Å². The Morgan fingerprint density at radius 2 is 2.06 bits per heavy atom. The van der Waals surface area contributed by atoms with Gasteiger partial charge in [-0.2, -0.15) is 0 Å². The second-order valence-corrected chi connectivity index (χ2v) is 5.05. The van der Waals surface area contributed by atoms with E-state index < -0.39 is 17.6 Å². The molecule has 1 unspecified atom stereocenters. The Hall–Kier alpha value is -1.10. The molecule has 0 spiro atoms. The van der Waals surface area contributed by atoms with Crippen LogP contribution in [0.2, 0.25) is 0 Å². The molecule has 0 saturated carbocycles. The number of carboxylic acids is 1. The molecule has 1 aliphatic rings. The van der Waals surface area contributed by atoms with Crippen LogP contribution in [0.15, 0.2) is 0 Å². The standard InChI is InChI=1S/C11H19NO4/c1-11(2,3)16-9(13)7-12-6-4-5-8(12)10(14)15/h8H,4-7H2,1-3H3,(H,14,15). The van der Waals surface area contributed by atoms with E-state index in [9.17, 15) is 9.59 Å². The van der Waals surface area contributed by atoms with Crippen molar-refractivity contribution in [2.45, 2.75) is 45.3 Å². The van der Waals surface area contributed by atoms with Gasteiger partial charge in [0, 0.05) is 0 Å². The molecule has 1 atom stereocenters. The summed E-state index contributed by atoms with van der Waals surface area (Å²) in [5.41, 5.74) is -0.518. The van der Waals surface area contributed by atoms with Crippen molar-refractivity contribution in [2.75, 3.05) is 13.1 Å². The molecular formula is C11H19NO4. The van der Waals surface area contributed by atoms with E-state index in [1.54, 1.807) is 25.7 Å². The molecule has 1 fully saturated rings. The summed E-state index contributed by atoms with van der Waals surface area (Å²) in [6, 6.07) is -0.535. The fraction of sp³-hybridized carbons (Fsp3) is 0.818. The Bertz CT molecular complexity index is 282. The van der Waals surface area contributed by atoms with E-state index in [2.05, 4.69) is 0 Å². The highest BCUT2D eigenvalue weighted by Crippen LogP contribution is 2.17. The summed E-state index contributed by atoms with van der Waals surface area (Å²) in [5.74, 6) is -1.22. The zero-order valence-electron chi connectivity index (χ0n) is 10.0. The number of esters is 1. The third-order valence-corrected chi connectivity index (χ3v) is 2.40. The lowest BCUT2D eigenvalue weighted by atomic mass is 10.2. The van der Waals surface area contributed by atoms with Crippen LogP contribution in [0.25, 0.3) is 0 Å². The van der Waals surface area contributed by atoms with Gasteiger partial charge in [-0.15, -0.1) is 0 Å². The molecule has 0 aliphatic carbocycles. The molecule has 1 saturated heterocycles. The largest absolute Gasteiger partial charge is 0.480 e. The summed E-state index contributed by atoms with van der Waals surface area (Å²) in [6.07, 6.45) is 1.43. The van der Waals surface area contributed by atoms with E-state index in [-0.39, 0.29) is 12.5 Å². The van der Waals surface area contributed by atoms with Crippen molar-refractivity contribution in [3.8, 4) is 0 Å². The van der Waals surface area contributed by atoms with E-state index in [0.29, 0.717) is 13.0 Å². The first kappa shape index (κ1) is 13.0. The van der Waals surface area contributed by atoms with Crippen LogP contribution < -0.4 is 0 Å². The summed E-state index contributed by atoms with van der Waals surface area (Å²) in [7, 11) is 0. The van der Waals surface area contributed by atoms with Gasteiger partial charge < -0.3 is 9.84 Å². The van der Waals surface area contributed by atoms with Crippen LogP contribution in [-0.4, -0.2) is 46.7 Å². The van der Waals surface area contributed by atoms with Gasteiger partial charge in [0.25, 0.3) is 0 Å². The first-order valence-electron chi connectivity index (χ1n) is 5.48. The lowest BCUT2D eigenvalue weighted by Gasteiger charge is -2.24. The molecule has 5 heteroatoms. The minimum Gasteiger partial charge on any atom is -0.480 e. The number of nitrogens with zero attached hydrogens (tertiary/aromatic N) is 1. The number of carboxylic acid groups (broad SMARTS) is 1. The SMILES string of the molecule is CC(C)(C)OC(=O)CN1CCCC1C(=O)O. The normalized spacial score (nSPS) is 22.1. The number of hydrogen-bond donors (Lipinski definition) is 1. The number of rotatable bonds is 3. The average Bonchev–Trinajstić information content (AvgIpc) is 2.47. The predicted octanol–water partition coefficient (Wildman–Crippen LogP) is 0.877. The van der Waals surface area contributed by atoms with Gasteiger partial charge in [0.15, 0.2) is 0 Å². The van der Waals surface area contributed by atoms with Gasteiger partial charge in [-0.25, -0.2) is 0 Å². The smallest absolute Gasteiger partial charge is 0.320 e. The highest BCUT2D eigenvalue weighted by molar-refractivity contribution is 5.76. The molecule has 1 aliphatic heterocycles. The topological polar surface area (TPSA) is 66.8 Å². The van der Waals surface area contributed by atoms with Crippen molar-refractivity contribution in [2.24, 2.45) is 0 Å². The lowest BCUT2D eigenvalue weighted by Crippen LogP contribution is -2.41. The highest BCUT2D eigenvalue weighted by atomic mass is 16.6. The van der Waals surface area contributed by atoms with Crippen molar-refractivity contribution >= 4 is 11.9 Å². The molecule has 0 bridgehead atoms. The van der Waals surface area contributed by atoms with Crippen molar-refractivity contribution < 1.29 is 19.4 Å². The number of hydrogen-bond acceptors (Lipinski definition) is 4. The summed E-state index contributed by atoms with van der Waals surface area (Å²) in [5, 5.41) is 8.94. The van der Waals surface area contributed by atoms with Gasteiger partial charge in [0.2, 0.25) is 0 Å². The third-order valence-electron chi connectivity index (χ3n) is 2.40. The summed E-state index contributed by atoms with van der Waals surface area (Å²) >= 11 is 0. The second-order valence-electron chi connectivity index (χ2n) is 5.05. The predicted molar refractivity (Wildman–Crippen MR) is 58.1 cm³/mol. The van der Waals surface area contributed by atoms with Gasteiger partial charge in [-0.1, -0.05) is 0 Å². The molecule has 1 N–H and O–H groups in total. The third kappa shape index (κ3) is 3.81. The van der Waals surface area contributed by atoms with Gasteiger partial charge in [-0.05, 0) is 40.2 Å². The van der Waals surface area contributed by atoms with Crippen LogP contribution in [-0.2, 0) is 14.3 Å². The summed E-state index contributed by atoms with van der Waals surface area (Å²) in [6.45, 7) is 6.10. The Labute approximate surface area is 95.4 Å². The van der Waals surface area contributed by atoms with Crippen LogP contribution in [0.3, 0.4) is 0 Å². The molecule has 0 aromatic heterocycles. The van der Waals surface area contributed by atoms with E-state index in [4.69, 9.17) is 9.84 Å². The number of ether oxygens (including phenoxy) is 1. The van der Waals surface area contributed by atoms with Crippen LogP contribution in [0.5, 0.6) is 0 Å². The van der Waals surface area contributed by atoms with E-state index >= 15 is 0 Å². The van der Waals surface area contributed by atoms with Crippen LogP contribution in [0.4, 0.5) is 0 Å². The summed E-state index contributed by atoms with van der Waals surface area (Å²) in [4.78, 5) is 24.1. The Balaban J connectivity index is 2.47. The monoisotopic (exact) mass is 229 g/mol. The number of carbonyl (C=O) groups is 2. The first-order chi connectivity index (χ1) is 7.29. The van der Waals surface area contributed by atoms with Crippen LogP contribution in [0, 0.1) is 0 Å². The maximum absolute atomic E-state index is 11.5. The van der Waals surface area contributed by atoms with Gasteiger partial charge in [0.05, 0.1) is 6.54 Å². The van der Waals surface area contributed by atoms with Gasteiger partial charge >= 0.3 is 11.9 Å². The summed E-state index contributed by atoms with van der Waals surface area (Å²) < 4.78 is 5.15. The second kappa shape index (κ2) is 4.82. The first-order valence-corrected chi connectivity index (χ1v) is 5.48. The van der Waals surface area contributed by atoms with E-state index in [0.717, 1.165) is 6.42 Å². The van der Waals surface area contributed by atoms with Gasteiger partial charge in [0.1, 0.15) is 11.6 Å². The molecule has 0 aromatic carbocycles. The van der Waals surface area contributed by atoms with Gasteiger partial charge in [-0.3, -0.25) is 14.5 Å². The Kier molecular flexibility index (Phi) is 3.91. The van der Waals surface area contributed by atoms with Crippen molar-refractivity contribution in [1.82, 2.24) is 4.90 Å². The number of carbonyl (C=O) groups excluding carboxylic acids is 1. The Morgan fingerprint density at radius 1 is 1.44 bits per heavy atom. The molecule has 0 amide bonds. The van der Waals surface area contributed by atoms with Crippen molar-refractivity contribution in [3.63, 3.8) is 0 Å². The molecular weight excluding hydrogens is 210 g/mol. The number of aliphatic carboxylic acids is 1. The molecule has 1 rings (SSSR count). The fourth-order valence-corrected chi connectivity index (χ4v) is 1.83. The van der Waals surface area contributed by atoms with Crippen molar-refractivity contribution in [3.05, 3.63) is 0 Å². The van der Waals surface area contributed by atoms with Crippen molar-refractivity contribution in [1.29, 1.82) is 0 Å². The molecule has 92 valence electrons. The molecule has 16 heavy (non-hydrogen) atoms. The quantitative estimate of drug-likeness (QED) is 0.727. The minimum atomic E-state index is -0.860. The highest BCUT2D eigenvalue weighted by Gasteiger charge is 2.32. The molecule has 0 aromatic rings. The van der Waals surface area contributed by atoms with Crippen LogP contribution >= 0.6 is 0 Å². The van der Waals surface area contributed by atoms with E-state index in [1.165, 1.54) is 0 Å². The Morgan fingerprint density at radius 3 is 2.56 bits per heavy atom. The molecule has 1 heterocycles. The molecule has 0 radical (unpaired) electrons. The zero-order chi connectivity index (χ0) is 12.3. The maximum atomic E-state index is 11.5. The molecule has 5 nitrogen and oxygen atoms in total. The lowest BCUT2D eigenvalue weighted by molar-refractivity contribution is -0.157. The minimum absolute atomic E-state index is 0.0637. The van der Waals surface area contributed by atoms with E-state index in [1.807, 2.05) is 0 Å². The average molecular weight is 229 g/mol.